The standard InChI is InChI=1S/C18H23N3O5S/c1-17(24)9-18(19-16(27)20-21-18)13(15(23)26-3)11(12(17)14(22)25-2)10-7-5-4-6-8-10/h4-8,11-13,21,24H,9H2,1-3H3,(H2,19,20,27)/t11-,12-,13+,17-,18+/m0/s1. The number of thiocarbonyl (C=S) groups is 1. The lowest BCUT2D eigenvalue weighted by Crippen LogP contribution is -2.70. The molecule has 2 fully saturated rings. The van der Waals surface area contributed by atoms with Crippen molar-refractivity contribution in [2.24, 2.45) is 11.8 Å². The minimum Gasteiger partial charge on any atom is -0.469 e. The molecule has 0 amide bonds. The molecule has 27 heavy (non-hydrogen) atoms. The zero-order chi connectivity index (χ0) is 19.8. The number of hydrogen-bond donors (Lipinski definition) is 4. The Morgan fingerprint density at radius 2 is 1.74 bits per heavy atom. The van der Waals surface area contributed by atoms with Crippen LogP contribution >= 0.6 is 12.2 Å². The number of rotatable bonds is 3. The monoisotopic (exact) mass is 393 g/mol. The molecular weight excluding hydrogens is 370 g/mol. The second-order valence-electron chi connectivity index (χ2n) is 7.15. The summed E-state index contributed by atoms with van der Waals surface area (Å²) in [5.41, 5.74) is 3.90. The van der Waals surface area contributed by atoms with Gasteiger partial charge in [0.25, 0.3) is 0 Å². The van der Waals surface area contributed by atoms with Gasteiger partial charge in [0.05, 0.1) is 25.7 Å². The summed E-state index contributed by atoms with van der Waals surface area (Å²) >= 11 is 5.17. The van der Waals surface area contributed by atoms with Crippen LogP contribution in [-0.4, -0.2) is 47.6 Å². The molecule has 1 aromatic carbocycles. The van der Waals surface area contributed by atoms with Gasteiger partial charge in [-0.1, -0.05) is 30.3 Å². The van der Waals surface area contributed by atoms with Gasteiger partial charge in [-0.3, -0.25) is 15.0 Å². The van der Waals surface area contributed by atoms with Gasteiger partial charge in [0.2, 0.25) is 0 Å². The number of hydrazine groups is 1. The Kier molecular flexibility index (Phi) is 5.11. The molecule has 3 rings (SSSR count). The largest absolute Gasteiger partial charge is 0.469 e. The minimum absolute atomic E-state index is 0.0238. The zero-order valence-corrected chi connectivity index (χ0v) is 16.1. The first kappa shape index (κ1) is 19.5. The van der Waals surface area contributed by atoms with Gasteiger partial charge < -0.3 is 19.9 Å². The molecule has 0 aromatic heterocycles. The highest BCUT2D eigenvalue weighted by atomic mass is 32.1. The third-order valence-electron chi connectivity index (χ3n) is 5.39. The smallest absolute Gasteiger partial charge is 0.313 e. The molecular formula is C18H23N3O5S. The Labute approximate surface area is 162 Å². The topological polar surface area (TPSA) is 109 Å². The van der Waals surface area contributed by atoms with E-state index in [1.54, 1.807) is 6.92 Å². The van der Waals surface area contributed by atoms with Gasteiger partial charge in [0, 0.05) is 12.3 Å². The average Bonchev–Trinajstić information content (AvgIpc) is 3.00. The lowest BCUT2D eigenvalue weighted by molar-refractivity contribution is -0.177. The van der Waals surface area contributed by atoms with Gasteiger partial charge in [-0.15, -0.1) is 0 Å². The number of carbonyl (C=O) groups excluding carboxylic acids is 2. The molecule has 8 nitrogen and oxygen atoms in total. The molecule has 1 spiro atoms. The maximum absolute atomic E-state index is 12.9. The summed E-state index contributed by atoms with van der Waals surface area (Å²) in [7, 11) is 2.55. The lowest BCUT2D eigenvalue weighted by atomic mass is 9.58. The van der Waals surface area contributed by atoms with E-state index in [9.17, 15) is 14.7 Å². The van der Waals surface area contributed by atoms with Crippen LogP contribution in [0.2, 0.25) is 0 Å². The molecule has 0 radical (unpaired) electrons. The van der Waals surface area contributed by atoms with E-state index < -0.39 is 41.0 Å². The van der Waals surface area contributed by atoms with Gasteiger partial charge in [-0.25, -0.2) is 5.43 Å². The lowest BCUT2D eigenvalue weighted by Gasteiger charge is -2.52. The van der Waals surface area contributed by atoms with Crippen molar-refractivity contribution in [2.75, 3.05) is 14.2 Å². The van der Waals surface area contributed by atoms with Crippen LogP contribution in [0.15, 0.2) is 30.3 Å². The maximum Gasteiger partial charge on any atom is 0.313 e. The Morgan fingerprint density at radius 1 is 1.15 bits per heavy atom. The van der Waals surface area contributed by atoms with Gasteiger partial charge in [-0.05, 0) is 24.7 Å². The second kappa shape index (κ2) is 7.06. The van der Waals surface area contributed by atoms with Crippen molar-refractivity contribution < 1.29 is 24.2 Å². The fraction of sp³-hybridized carbons (Fsp3) is 0.500. The minimum atomic E-state index is -1.49. The normalized spacial score (nSPS) is 35.3. The summed E-state index contributed by atoms with van der Waals surface area (Å²) in [5.74, 6) is -3.66. The van der Waals surface area contributed by atoms with Crippen molar-refractivity contribution in [3.05, 3.63) is 35.9 Å². The molecule has 0 bridgehead atoms. The fourth-order valence-electron chi connectivity index (χ4n) is 4.41. The molecule has 0 unspecified atom stereocenters. The van der Waals surface area contributed by atoms with Crippen LogP contribution in [0.25, 0.3) is 0 Å². The second-order valence-corrected chi connectivity index (χ2v) is 7.56. The molecule has 5 atom stereocenters. The Morgan fingerprint density at radius 3 is 2.26 bits per heavy atom. The number of ether oxygens (including phenoxy) is 2. The van der Waals surface area contributed by atoms with E-state index in [1.807, 2.05) is 30.3 Å². The van der Waals surface area contributed by atoms with Crippen molar-refractivity contribution in [3.8, 4) is 0 Å². The maximum atomic E-state index is 12.9. The summed E-state index contributed by atoms with van der Waals surface area (Å²) in [6.07, 6.45) is 0.0238. The van der Waals surface area contributed by atoms with E-state index in [0.29, 0.717) is 10.7 Å². The third-order valence-corrected chi connectivity index (χ3v) is 5.59. The molecule has 1 aliphatic carbocycles. The van der Waals surface area contributed by atoms with E-state index in [2.05, 4.69) is 16.2 Å². The van der Waals surface area contributed by atoms with Crippen molar-refractivity contribution in [1.82, 2.24) is 16.2 Å². The van der Waals surface area contributed by atoms with E-state index in [4.69, 9.17) is 21.7 Å². The first-order valence-electron chi connectivity index (χ1n) is 8.54. The van der Waals surface area contributed by atoms with Gasteiger partial charge in [-0.2, -0.15) is 0 Å². The average molecular weight is 393 g/mol. The summed E-state index contributed by atoms with van der Waals surface area (Å²) in [5, 5.41) is 14.6. The summed E-state index contributed by atoms with van der Waals surface area (Å²) in [6.45, 7) is 1.56. The van der Waals surface area contributed by atoms with Gasteiger partial charge in [0.1, 0.15) is 11.6 Å². The molecule has 4 N–H and O–H groups in total. The molecule has 1 saturated heterocycles. The van der Waals surface area contributed by atoms with Crippen molar-refractivity contribution >= 4 is 29.3 Å². The summed E-state index contributed by atoms with van der Waals surface area (Å²) in [6, 6.07) is 9.08. The Hall–Kier alpha value is -2.23. The molecule has 1 saturated carbocycles. The van der Waals surface area contributed by atoms with E-state index >= 15 is 0 Å². The number of hydrogen-bond acceptors (Lipinski definition) is 7. The Balaban J connectivity index is 2.22. The highest BCUT2D eigenvalue weighted by Gasteiger charge is 2.65. The van der Waals surface area contributed by atoms with Crippen LogP contribution < -0.4 is 16.2 Å². The number of carbonyl (C=O) groups is 2. The highest BCUT2D eigenvalue weighted by molar-refractivity contribution is 7.80. The van der Waals surface area contributed by atoms with Crippen LogP contribution in [0.3, 0.4) is 0 Å². The number of benzene rings is 1. The molecule has 2 aliphatic rings. The van der Waals surface area contributed by atoms with Crippen LogP contribution in [0, 0.1) is 11.8 Å². The van der Waals surface area contributed by atoms with E-state index in [0.717, 1.165) is 0 Å². The first-order chi connectivity index (χ1) is 12.8. The number of methoxy groups -OCH3 is 2. The summed E-state index contributed by atoms with van der Waals surface area (Å²) < 4.78 is 10.0. The highest BCUT2D eigenvalue weighted by Crippen LogP contribution is 2.51. The quantitative estimate of drug-likeness (QED) is 0.422. The fourth-order valence-corrected chi connectivity index (χ4v) is 4.64. The molecule has 1 aromatic rings. The van der Waals surface area contributed by atoms with Crippen LogP contribution in [0.5, 0.6) is 0 Å². The summed E-state index contributed by atoms with van der Waals surface area (Å²) in [4.78, 5) is 25.6. The predicted molar refractivity (Wildman–Crippen MR) is 100 cm³/mol. The van der Waals surface area contributed by atoms with Crippen LogP contribution in [-0.2, 0) is 19.1 Å². The molecule has 146 valence electrons. The predicted octanol–water partition coefficient (Wildman–Crippen LogP) is 0.182. The van der Waals surface area contributed by atoms with Crippen LogP contribution in [0.1, 0.15) is 24.8 Å². The SMILES string of the molecule is COC(=O)[C@@H]1[C@H](c2ccccc2)[C@H](C(=O)OC)[C@@]2(C[C@]1(C)O)NNC(=S)N2. The van der Waals surface area contributed by atoms with E-state index in [1.165, 1.54) is 14.2 Å². The van der Waals surface area contributed by atoms with Gasteiger partial charge >= 0.3 is 11.9 Å². The van der Waals surface area contributed by atoms with Crippen molar-refractivity contribution in [2.45, 2.75) is 30.5 Å². The van der Waals surface area contributed by atoms with Gasteiger partial charge in [0.15, 0.2) is 5.11 Å². The van der Waals surface area contributed by atoms with Crippen LogP contribution in [0.4, 0.5) is 0 Å². The molecule has 1 heterocycles. The van der Waals surface area contributed by atoms with E-state index in [-0.39, 0.29) is 6.42 Å². The molecule has 9 heteroatoms. The van der Waals surface area contributed by atoms with Crippen molar-refractivity contribution in [1.29, 1.82) is 0 Å². The number of esters is 2. The Bertz CT molecular complexity index is 757. The third kappa shape index (κ3) is 3.26. The zero-order valence-electron chi connectivity index (χ0n) is 15.3. The number of nitrogens with one attached hydrogen (secondary N) is 3. The number of aliphatic hydroxyl groups is 1. The molecule has 1 aliphatic heterocycles. The van der Waals surface area contributed by atoms with Crippen molar-refractivity contribution in [3.63, 3.8) is 0 Å². The first-order valence-corrected chi connectivity index (χ1v) is 8.95.